The minimum Gasteiger partial charge on any atom is -0.309 e. The molecule has 68 heavy (non-hydrogen) atoms. The molecule has 0 amide bonds. The molecular formula is C64H42N4. The average molecular weight is 867 g/mol. The van der Waals surface area contributed by atoms with Crippen molar-refractivity contribution in [1.82, 2.24) is 19.1 Å². The van der Waals surface area contributed by atoms with Crippen LogP contribution >= 0.6 is 0 Å². The third kappa shape index (κ3) is 6.86. The summed E-state index contributed by atoms with van der Waals surface area (Å²) in [5.41, 5.74) is 18.7. The second-order valence-corrected chi connectivity index (χ2v) is 17.4. The van der Waals surface area contributed by atoms with E-state index in [9.17, 15) is 0 Å². The molecule has 0 aliphatic rings. The summed E-state index contributed by atoms with van der Waals surface area (Å²) < 4.78 is 4.74. The Morgan fingerprint density at radius 2 is 0.559 bits per heavy atom. The third-order valence-electron chi connectivity index (χ3n) is 13.4. The van der Waals surface area contributed by atoms with Crippen LogP contribution in [0.15, 0.2) is 255 Å². The van der Waals surface area contributed by atoms with Crippen LogP contribution < -0.4 is 0 Å². The number of nitrogens with zero attached hydrogens (tertiary/aromatic N) is 4. The van der Waals surface area contributed by atoms with Gasteiger partial charge in [0.15, 0.2) is 5.82 Å². The molecule has 0 atom stereocenters. The zero-order chi connectivity index (χ0) is 45.0. The Hall–Kier alpha value is -9.12. The lowest BCUT2D eigenvalue weighted by Crippen LogP contribution is -1.97. The number of hydrogen-bond acceptors (Lipinski definition) is 2. The normalized spacial score (nSPS) is 11.5. The van der Waals surface area contributed by atoms with Crippen LogP contribution in [0.3, 0.4) is 0 Å². The van der Waals surface area contributed by atoms with Gasteiger partial charge >= 0.3 is 0 Å². The van der Waals surface area contributed by atoms with Gasteiger partial charge in [-0.3, -0.25) is 0 Å². The van der Waals surface area contributed by atoms with Crippen molar-refractivity contribution < 1.29 is 0 Å². The highest BCUT2D eigenvalue weighted by Gasteiger charge is 2.16. The van der Waals surface area contributed by atoms with Crippen molar-refractivity contribution >= 4 is 43.6 Å². The third-order valence-corrected chi connectivity index (χ3v) is 13.4. The van der Waals surface area contributed by atoms with Gasteiger partial charge in [0, 0.05) is 49.6 Å². The van der Waals surface area contributed by atoms with Crippen molar-refractivity contribution in [2.75, 3.05) is 0 Å². The molecule has 0 fully saturated rings. The van der Waals surface area contributed by atoms with Crippen LogP contribution in [0, 0.1) is 0 Å². The molecule has 0 spiro atoms. The molecule has 0 aliphatic heterocycles. The minimum absolute atomic E-state index is 0.677. The number of benzene rings is 10. The van der Waals surface area contributed by atoms with E-state index in [1.54, 1.807) is 0 Å². The first kappa shape index (κ1) is 39.3. The van der Waals surface area contributed by atoms with Crippen LogP contribution in [0.25, 0.3) is 122 Å². The fourth-order valence-corrected chi connectivity index (χ4v) is 10.1. The van der Waals surface area contributed by atoms with Crippen LogP contribution in [-0.4, -0.2) is 19.1 Å². The number of fused-ring (bicyclic) bond motifs is 6. The second kappa shape index (κ2) is 16.4. The largest absolute Gasteiger partial charge is 0.309 e. The highest BCUT2D eigenvalue weighted by molar-refractivity contribution is 6.10. The molecule has 0 N–H and O–H groups in total. The molecule has 0 saturated carbocycles. The Morgan fingerprint density at radius 1 is 0.221 bits per heavy atom. The van der Waals surface area contributed by atoms with Crippen LogP contribution in [0.4, 0.5) is 0 Å². The number of hydrogen-bond donors (Lipinski definition) is 0. The van der Waals surface area contributed by atoms with Crippen molar-refractivity contribution in [2.45, 2.75) is 0 Å². The zero-order valence-electron chi connectivity index (χ0n) is 37.0. The molecule has 13 aromatic rings. The fraction of sp³-hybridized carbons (Fsp3) is 0. The molecule has 0 radical (unpaired) electrons. The average Bonchev–Trinajstić information content (AvgIpc) is 3.94. The monoisotopic (exact) mass is 866 g/mol. The molecule has 4 heteroatoms. The molecule has 3 aromatic heterocycles. The van der Waals surface area contributed by atoms with E-state index in [0.29, 0.717) is 5.82 Å². The molecule has 0 saturated heterocycles. The van der Waals surface area contributed by atoms with E-state index in [0.717, 1.165) is 67.3 Å². The highest BCUT2D eigenvalue weighted by atomic mass is 15.0. The summed E-state index contributed by atoms with van der Waals surface area (Å²) in [5.74, 6) is 0.677. The predicted octanol–water partition coefficient (Wildman–Crippen LogP) is 16.7. The molecular weight excluding hydrogens is 825 g/mol. The smallest absolute Gasteiger partial charge is 0.160 e. The Balaban J connectivity index is 0.868. The number of aromatic nitrogens is 4. The molecule has 3 heterocycles. The van der Waals surface area contributed by atoms with Gasteiger partial charge in [0.2, 0.25) is 0 Å². The van der Waals surface area contributed by atoms with Crippen LogP contribution in [-0.2, 0) is 0 Å². The van der Waals surface area contributed by atoms with Gasteiger partial charge in [0.1, 0.15) is 0 Å². The molecule has 4 nitrogen and oxygen atoms in total. The van der Waals surface area contributed by atoms with Gasteiger partial charge in [-0.2, -0.15) is 0 Å². The molecule has 318 valence electrons. The molecule has 13 rings (SSSR count). The van der Waals surface area contributed by atoms with E-state index >= 15 is 0 Å². The summed E-state index contributed by atoms with van der Waals surface area (Å²) in [6, 6.07) is 91.0. The van der Waals surface area contributed by atoms with Crippen molar-refractivity contribution in [3.05, 3.63) is 255 Å². The van der Waals surface area contributed by atoms with Crippen molar-refractivity contribution in [3.8, 4) is 78.7 Å². The summed E-state index contributed by atoms with van der Waals surface area (Å²) in [6.45, 7) is 0. The van der Waals surface area contributed by atoms with Gasteiger partial charge in [0.05, 0.1) is 33.5 Å². The lowest BCUT2D eigenvalue weighted by molar-refractivity contribution is 1.18. The quantitative estimate of drug-likeness (QED) is 0.153. The van der Waals surface area contributed by atoms with Gasteiger partial charge in [-0.15, -0.1) is 0 Å². The van der Waals surface area contributed by atoms with Crippen molar-refractivity contribution in [2.24, 2.45) is 0 Å². The summed E-state index contributed by atoms with van der Waals surface area (Å²) in [7, 11) is 0. The molecule has 0 unspecified atom stereocenters. The molecule has 0 bridgehead atoms. The maximum atomic E-state index is 5.28. The predicted molar refractivity (Wildman–Crippen MR) is 283 cm³/mol. The van der Waals surface area contributed by atoms with E-state index in [1.807, 2.05) is 0 Å². The standard InChI is InChI=1S/C64H42N4/c1-2-15-43(16-3-1)48-17-12-20-51(39-48)59-42-58(46-35-31-44(32-36-46)49-18-13-21-52(40-49)67-60-27-8-4-23-54(60)55-24-5-9-28-61(55)67)65-64(66-59)47-37-33-45(34-38-47)50-19-14-22-53(41-50)68-62-29-10-6-25-56(62)57-26-7-11-30-63(57)68/h1-42H. The first-order chi connectivity index (χ1) is 33.7. The summed E-state index contributed by atoms with van der Waals surface area (Å²) in [4.78, 5) is 10.5. The van der Waals surface area contributed by atoms with E-state index in [2.05, 4.69) is 264 Å². The molecule has 0 aliphatic carbocycles. The maximum absolute atomic E-state index is 5.28. The van der Waals surface area contributed by atoms with Crippen molar-refractivity contribution in [1.29, 1.82) is 0 Å². The van der Waals surface area contributed by atoms with Crippen LogP contribution in [0.1, 0.15) is 0 Å². The summed E-state index contributed by atoms with van der Waals surface area (Å²) in [6.07, 6.45) is 0. The second-order valence-electron chi connectivity index (χ2n) is 17.4. The van der Waals surface area contributed by atoms with Crippen molar-refractivity contribution in [3.63, 3.8) is 0 Å². The van der Waals surface area contributed by atoms with E-state index < -0.39 is 0 Å². The highest BCUT2D eigenvalue weighted by Crippen LogP contribution is 2.37. The Bertz CT molecular complexity index is 3680. The Labute approximate surface area is 394 Å². The van der Waals surface area contributed by atoms with Gasteiger partial charge in [0.25, 0.3) is 0 Å². The lowest BCUT2D eigenvalue weighted by Gasteiger charge is -2.13. The topological polar surface area (TPSA) is 35.6 Å². The Kier molecular flexibility index (Phi) is 9.47. The van der Waals surface area contributed by atoms with Crippen LogP contribution in [0.2, 0.25) is 0 Å². The fourth-order valence-electron chi connectivity index (χ4n) is 10.1. The van der Waals surface area contributed by atoms with Gasteiger partial charge in [-0.05, 0) is 94.0 Å². The first-order valence-electron chi connectivity index (χ1n) is 23.1. The van der Waals surface area contributed by atoms with E-state index in [-0.39, 0.29) is 0 Å². The lowest BCUT2D eigenvalue weighted by atomic mass is 9.99. The van der Waals surface area contributed by atoms with Crippen LogP contribution in [0.5, 0.6) is 0 Å². The number of para-hydroxylation sites is 4. The Morgan fingerprint density at radius 3 is 1.04 bits per heavy atom. The summed E-state index contributed by atoms with van der Waals surface area (Å²) in [5, 5.41) is 5.02. The minimum atomic E-state index is 0.677. The van der Waals surface area contributed by atoms with E-state index in [4.69, 9.17) is 9.97 Å². The maximum Gasteiger partial charge on any atom is 0.160 e. The van der Waals surface area contributed by atoms with Gasteiger partial charge in [-0.25, -0.2) is 9.97 Å². The zero-order valence-corrected chi connectivity index (χ0v) is 37.0. The van der Waals surface area contributed by atoms with E-state index in [1.165, 1.54) is 49.2 Å². The number of rotatable bonds is 8. The van der Waals surface area contributed by atoms with Gasteiger partial charge in [-0.1, -0.05) is 194 Å². The summed E-state index contributed by atoms with van der Waals surface area (Å²) >= 11 is 0. The van der Waals surface area contributed by atoms with Gasteiger partial charge < -0.3 is 9.13 Å². The first-order valence-corrected chi connectivity index (χ1v) is 23.1. The SMILES string of the molecule is c1ccc(-c2cccc(-c3cc(-c4ccc(-c5cccc(-n6c7ccccc7c7ccccc76)c5)cc4)nc(-c4ccc(-c5cccc(-n6c7ccccc7c7ccccc76)c5)cc4)n3)c2)cc1. The molecule has 10 aromatic carbocycles.